The lowest BCUT2D eigenvalue weighted by Gasteiger charge is -2.29. The summed E-state index contributed by atoms with van der Waals surface area (Å²) in [6, 6.07) is 7.99. The molecular formula is C17H27N3O3. The Labute approximate surface area is 137 Å². The molecule has 1 aliphatic rings. The third kappa shape index (κ3) is 5.41. The summed E-state index contributed by atoms with van der Waals surface area (Å²) in [5.41, 5.74) is 2.25. The van der Waals surface area contributed by atoms with Gasteiger partial charge in [0.1, 0.15) is 0 Å². The van der Waals surface area contributed by atoms with Crippen LogP contribution >= 0.6 is 0 Å². The van der Waals surface area contributed by atoms with E-state index in [4.69, 9.17) is 9.84 Å². The minimum absolute atomic E-state index is 0.0591. The number of rotatable bonds is 6. The van der Waals surface area contributed by atoms with Gasteiger partial charge in [-0.3, -0.25) is 0 Å². The van der Waals surface area contributed by atoms with Crippen molar-refractivity contribution in [1.29, 1.82) is 0 Å². The van der Waals surface area contributed by atoms with E-state index in [0.29, 0.717) is 6.54 Å². The maximum Gasteiger partial charge on any atom is 0.315 e. The van der Waals surface area contributed by atoms with Gasteiger partial charge in [-0.2, -0.15) is 0 Å². The number of anilines is 1. The third-order valence-corrected chi connectivity index (χ3v) is 4.04. The zero-order valence-corrected chi connectivity index (χ0v) is 13.9. The summed E-state index contributed by atoms with van der Waals surface area (Å²) in [7, 11) is 0. The largest absolute Gasteiger partial charge is 0.396 e. The van der Waals surface area contributed by atoms with E-state index >= 15 is 0 Å². The number of urea groups is 1. The van der Waals surface area contributed by atoms with Crippen LogP contribution in [-0.2, 0) is 4.74 Å². The van der Waals surface area contributed by atoms with Gasteiger partial charge in [-0.25, -0.2) is 4.79 Å². The first-order chi connectivity index (χ1) is 11.1. The fourth-order valence-corrected chi connectivity index (χ4v) is 2.46. The molecule has 1 heterocycles. The average Bonchev–Trinajstić information content (AvgIpc) is 2.60. The molecule has 2 atom stereocenters. The SMILES string of the molecule is CC(CO)CNC(=O)NC(C)c1ccc(N2CCOCC2)cc1. The molecule has 0 spiro atoms. The van der Waals surface area contributed by atoms with Crippen LogP contribution in [0.2, 0.25) is 0 Å². The minimum Gasteiger partial charge on any atom is -0.396 e. The Morgan fingerprint density at radius 2 is 1.91 bits per heavy atom. The Bertz CT molecular complexity index is 486. The molecule has 0 radical (unpaired) electrons. The standard InChI is InChI=1S/C17H27N3O3/c1-13(12-21)11-18-17(22)19-14(2)15-3-5-16(6-4-15)20-7-9-23-10-8-20/h3-6,13-14,21H,7-12H2,1-2H3,(H2,18,19,22). The van der Waals surface area contributed by atoms with E-state index in [1.165, 1.54) is 5.69 Å². The lowest BCUT2D eigenvalue weighted by molar-refractivity contribution is 0.122. The normalized spacial score (nSPS) is 17.4. The second kappa shape index (κ2) is 8.74. The van der Waals surface area contributed by atoms with Gasteiger partial charge in [-0.05, 0) is 30.5 Å². The summed E-state index contributed by atoms with van der Waals surface area (Å²) in [5, 5.41) is 14.6. The number of nitrogens with zero attached hydrogens (tertiary/aromatic N) is 1. The van der Waals surface area contributed by atoms with E-state index in [-0.39, 0.29) is 24.6 Å². The Kier molecular flexibility index (Phi) is 6.67. The Hall–Kier alpha value is -1.79. The minimum atomic E-state index is -0.213. The van der Waals surface area contributed by atoms with Gasteiger partial charge in [-0.15, -0.1) is 0 Å². The molecule has 2 amide bonds. The highest BCUT2D eigenvalue weighted by molar-refractivity contribution is 5.74. The van der Waals surface area contributed by atoms with Gasteiger partial charge < -0.3 is 25.4 Å². The van der Waals surface area contributed by atoms with Crippen LogP contribution in [0.15, 0.2) is 24.3 Å². The molecule has 128 valence electrons. The van der Waals surface area contributed by atoms with Crippen LogP contribution in [0.25, 0.3) is 0 Å². The molecule has 2 unspecified atom stereocenters. The van der Waals surface area contributed by atoms with E-state index < -0.39 is 0 Å². The van der Waals surface area contributed by atoms with E-state index in [9.17, 15) is 4.79 Å². The highest BCUT2D eigenvalue weighted by Gasteiger charge is 2.13. The number of nitrogens with one attached hydrogen (secondary N) is 2. The summed E-state index contributed by atoms with van der Waals surface area (Å²) in [4.78, 5) is 14.1. The Morgan fingerprint density at radius 3 is 2.52 bits per heavy atom. The van der Waals surface area contributed by atoms with Crippen LogP contribution in [-0.4, -0.2) is 50.6 Å². The summed E-state index contributed by atoms with van der Waals surface area (Å²) < 4.78 is 5.36. The maximum atomic E-state index is 11.8. The Balaban J connectivity index is 1.84. The number of morpholine rings is 1. The number of aliphatic hydroxyl groups is 1. The van der Waals surface area contributed by atoms with Crippen LogP contribution in [0.4, 0.5) is 10.5 Å². The smallest absolute Gasteiger partial charge is 0.315 e. The van der Waals surface area contributed by atoms with Gasteiger partial charge in [0.05, 0.1) is 19.3 Å². The summed E-state index contributed by atoms with van der Waals surface area (Å²) in [6.45, 7) is 7.74. The second-order valence-corrected chi connectivity index (χ2v) is 6.05. The number of carbonyl (C=O) groups excluding carboxylic acids is 1. The molecule has 0 aliphatic carbocycles. The molecular weight excluding hydrogens is 294 g/mol. The Morgan fingerprint density at radius 1 is 1.26 bits per heavy atom. The van der Waals surface area contributed by atoms with Crippen molar-refractivity contribution in [3.63, 3.8) is 0 Å². The van der Waals surface area contributed by atoms with Crippen LogP contribution in [0.5, 0.6) is 0 Å². The molecule has 1 aliphatic heterocycles. The highest BCUT2D eigenvalue weighted by atomic mass is 16.5. The van der Waals surface area contributed by atoms with Crippen molar-refractivity contribution in [2.24, 2.45) is 5.92 Å². The van der Waals surface area contributed by atoms with Crippen molar-refractivity contribution in [3.8, 4) is 0 Å². The van der Waals surface area contributed by atoms with Gasteiger partial charge in [0.25, 0.3) is 0 Å². The lowest BCUT2D eigenvalue weighted by Crippen LogP contribution is -2.39. The van der Waals surface area contributed by atoms with Crippen molar-refractivity contribution < 1.29 is 14.6 Å². The van der Waals surface area contributed by atoms with Gasteiger partial charge >= 0.3 is 6.03 Å². The van der Waals surface area contributed by atoms with Crippen molar-refractivity contribution in [2.45, 2.75) is 19.9 Å². The van der Waals surface area contributed by atoms with Gasteiger partial charge in [0.15, 0.2) is 0 Å². The first kappa shape index (κ1) is 17.6. The average molecular weight is 321 g/mol. The van der Waals surface area contributed by atoms with Crippen molar-refractivity contribution >= 4 is 11.7 Å². The quantitative estimate of drug-likeness (QED) is 0.742. The molecule has 1 aromatic carbocycles. The summed E-state index contributed by atoms with van der Waals surface area (Å²) >= 11 is 0. The number of amides is 2. The third-order valence-electron chi connectivity index (χ3n) is 4.04. The maximum absolute atomic E-state index is 11.8. The molecule has 6 nitrogen and oxygen atoms in total. The van der Waals surface area contributed by atoms with Crippen molar-refractivity contribution in [3.05, 3.63) is 29.8 Å². The molecule has 1 saturated heterocycles. The van der Waals surface area contributed by atoms with Crippen LogP contribution < -0.4 is 15.5 Å². The van der Waals surface area contributed by atoms with Gasteiger partial charge in [-0.1, -0.05) is 19.1 Å². The summed E-state index contributed by atoms with van der Waals surface area (Å²) in [6.07, 6.45) is 0. The molecule has 3 N–H and O–H groups in total. The van der Waals surface area contributed by atoms with Gasteiger partial charge in [0, 0.05) is 31.9 Å². The fraction of sp³-hybridized carbons (Fsp3) is 0.588. The molecule has 6 heteroatoms. The molecule has 0 bridgehead atoms. The summed E-state index contributed by atoms with van der Waals surface area (Å²) in [5.74, 6) is 0.0591. The van der Waals surface area contributed by atoms with Crippen LogP contribution in [0.3, 0.4) is 0 Å². The molecule has 23 heavy (non-hydrogen) atoms. The number of hydrogen-bond acceptors (Lipinski definition) is 4. The second-order valence-electron chi connectivity index (χ2n) is 6.05. The lowest BCUT2D eigenvalue weighted by atomic mass is 10.1. The molecule has 2 rings (SSSR count). The van der Waals surface area contributed by atoms with E-state index in [0.717, 1.165) is 31.9 Å². The molecule has 1 aromatic rings. The van der Waals surface area contributed by atoms with Crippen LogP contribution in [0.1, 0.15) is 25.5 Å². The monoisotopic (exact) mass is 321 g/mol. The molecule has 0 saturated carbocycles. The molecule has 1 fully saturated rings. The fourth-order valence-electron chi connectivity index (χ4n) is 2.46. The number of ether oxygens (including phenoxy) is 1. The van der Waals surface area contributed by atoms with Crippen molar-refractivity contribution in [1.82, 2.24) is 10.6 Å². The van der Waals surface area contributed by atoms with Crippen molar-refractivity contribution in [2.75, 3.05) is 44.4 Å². The van der Waals surface area contributed by atoms with Gasteiger partial charge in [0.2, 0.25) is 0 Å². The molecule has 0 aromatic heterocycles. The van der Waals surface area contributed by atoms with Crippen LogP contribution in [0, 0.1) is 5.92 Å². The zero-order chi connectivity index (χ0) is 16.7. The number of hydrogen-bond donors (Lipinski definition) is 3. The number of aliphatic hydroxyl groups excluding tert-OH is 1. The predicted molar refractivity (Wildman–Crippen MR) is 90.7 cm³/mol. The van der Waals surface area contributed by atoms with E-state index in [2.05, 4.69) is 27.7 Å². The predicted octanol–water partition coefficient (Wildman–Crippen LogP) is 1.51. The number of benzene rings is 1. The number of carbonyl (C=O) groups is 1. The topological polar surface area (TPSA) is 73.8 Å². The van der Waals surface area contributed by atoms with E-state index in [1.807, 2.05) is 26.0 Å². The first-order valence-electron chi connectivity index (χ1n) is 8.18. The first-order valence-corrected chi connectivity index (χ1v) is 8.18. The zero-order valence-electron chi connectivity index (χ0n) is 13.9. The highest BCUT2D eigenvalue weighted by Crippen LogP contribution is 2.20. The van der Waals surface area contributed by atoms with E-state index in [1.54, 1.807) is 0 Å².